The lowest BCUT2D eigenvalue weighted by Crippen LogP contribution is -2.36. The zero-order valence-electron chi connectivity index (χ0n) is 13.3. The molecule has 0 unspecified atom stereocenters. The second kappa shape index (κ2) is 6.16. The molecule has 1 N–H and O–H groups in total. The SMILES string of the molecule is O=C(c1ccccn1)N1CC[C@]2(C[C@H](Nc3ncccn3)CO2)C1. The summed E-state index contributed by atoms with van der Waals surface area (Å²) >= 11 is 0. The van der Waals surface area contributed by atoms with E-state index in [-0.39, 0.29) is 17.6 Å². The van der Waals surface area contributed by atoms with Gasteiger partial charge in [-0.3, -0.25) is 9.78 Å². The Bertz CT molecular complexity index is 711. The molecule has 1 amide bonds. The Labute approximate surface area is 140 Å². The number of anilines is 1. The average Bonchev–Trinajstić information content (AvgIpc) is 3.23. The van der Waals surface area contributed by atoms with Crippen molar-refractivity contribution in [2.24, 2.45) is 0 Å². The van der Waals surface area contributed by atoms with E-state index in [1.54, 1.807) is 30.7 Å². The molecule has 2 atom stereocenters. The quantitative estimate of drug-likeness (QED) is 0.918. The number of rotatable bonds is 3. The van der Waals surface area contributed by atoms with E-state index in [1.165, 1.54) is 0 Å². The molecular formula is C17H19N5O2. The van der Waals surface area contributed by atoms with E-state index in [4.69, 9.17) is 4.74 Å². The zero-order valence-corrected chi connectivity index (χ0v) is 13.3. The molecule has 2 fully saturated rings. The maximum absolute atomic E-state index is 12.5. The molecule has 2 aliphatic rings. The van der Waals surface area contributed by atoms with Gasteiger partial charge in [-0.15, -0.1) is 0 Å². The van der Waals surface area contributed by atoms with Gasteiger partial charge in [-0.2, -0.15) is 0 Å². The lowest BCUT2D eigenvalue weighted by atomic mass is 9.97. The normalized spacial score (nSPS) is 26.0. The standard InChI is InChI=1S/C17H19N5O2/c23-15(14-4-1-2-6-18-14)22-9-5-17(12-22)10-13(11-24-17)21-16-19-7-3-8-20-16/h1-4,6-8,13H,5,9-12H2,(H,19,20,21)/t13-,17-/m0/s1. The molecule has 2 aromatic heterocycles. The van der Waals surface area contributed by atoms with Gasteiger partial charge in [0.15, 0.2) is 0 Å². The summed E-state index contributed by atoms with van der Waals surface area (Å²) in [5.74, 6) is 0.585. The summed E-state index contributed by atoms with van der Waals surface area (Å²) in [6.07, 6.45) is 6.76. The molecule has 124 valence electrons. The molecule has 4 heterocycles. The Morgan fingerprint density at radius 3 is 2.83 bits per heavy atom. The van der Waals surface area contributed by atoms with Crippen molar-refractivity contribution in [1.29, 1.82) is 0 Å². The van der Waals surface area contributed by atoms with Crippen LogP contribution in [0.25, 0.3) is 0 Å². The smallest absolute Gasteiger partial charge is 0.272 e. The minimum atomic E-state index is -0.267. The topological polar surface area (TPSA) is 80.2 Å². The number of nitrogens with zero attached hydrogens (tertiary/aromatic N) is 4. The number of amides is 1. The molecule has 24 heavy (non-hydrogen) atoms. The van der Waals surface area contributed by atoms with Crippen molar-refractivity contribution >= 4 is 11.9 Å². The zero-order chi connectivity index (χ0) is 16.4. The highest BCUT2D eigenvalue weighted by molar-refractivity contribution is 5.92. The summed E-state index contributed by atoms with van der Waals surface area (Å²) < 4.78 is 6.07. The van der Waals surface area contributed by atoms with E-state index in [9.17, 15) is 4.79 Å². The summed E-state index contributed by atoms with van der Waals surface area (Å²) in [6, 6.07) is 7.34. The molecule has 7 heteroatoms. The maximum Gasteiger partial charge on any atom is 0.272 e. The summed E-state index contributed by atoms with van der Waals surface area (Å²) in [4.78, 5) is 26.9. The molecule has 0 bridgehead atoms. The molecule has 0 aromatic carbocycles. The van der Waals surface area contributed by atoms with Gasteiger partial charge in [0.2, 0.25) is 5.95 Å². The summed E-state index contributed by atoms with van der Waals surface area (Å²) in [7, 11) is 0. The van der Waals surface area contributed by atoms with Gasteiger partial charge in [0, 0.05) is 31.6 Å². The van der Waals surface area contributed by atoms with Crippen molar-refractivity contribution in [2.75, 3.05) is 25.0 Å². The predicted octanol–water partition coefficient (Wildman–Crippen LogP) is 1.36. The lowest BCUT2D eigenvalue weighted by molar-refractivity contribution is 0.0124. The van der Waals surface area contributed by atoms with Crippen LogP contribution >= 0.6 is 0 Å². The van der Waals surface area contributed by atoms with Crippen LogP contribution in [0.3, 0.4) is 0 Å². The summed E-state index contributed by atoms with van der Waals surface area (Å²) in [5.41, 5.74) is 0.219. The highest BCUT2D eigenvalue weighted by atomic mass is 16.5. The third kappa shape index (κ3) is 2.94. The number of nitrogens with one attached hydrogen (secondary N) is 1. The van der Waals surface area contributed by atoms with Crippen LogP contribution < -0.4 is 5.32 Å². The van der Waals surface area contributed by atoms with Gasteiger partial charge in [-0.1, -0.05) is 6.07 Å². The first-order chi connectivity index (χ1) is 11.7. The van der Waals surface area contributed by atoms with E-state index in [1.807, 2.05) is 17.0 Å². The first-order valence-corrected chi connectivity index (χ1v) is 8.12. The molecule has 2 saturated heterocycles. The number of likely N-dealkylation sites (tertiary alicyclic amines) is 1. The van der Waals surface area contributed by atoms with Crippen LogP contribution in [0.2, 0.25) is 0 Å². The first-order valence-electron chi connectivity index (χ1n) is 8.12. The van der Waals surface area contributed by atoms with Gasteiger partial charge in [0.05, 0.1) is 24.8 Å². The maximum atomic E-state index is 12.5. The second-order valence-electron chi connectivity index (χ2n) is 6.30. The highest BCUT2D eigenvalue weighted by Gasteiger charge is 2.47. The van der Waals surface area contributed by atoms with E-state index in [0.717, 1.165) is 12.8 Å². The number of carbonyl (C=O) groups is 1. The molecular weight excluding hydrogens is 306 g/mol. The second-order valence-corrected chi connectivity index (χ2v) is 6.30. The van der Waals surface area contributed by atoms with E-state index < -0.39 is 0 Å². The molecule has 0 saturated carbocycles. The van der Waals surface area contributed by atoms with E-state index in [2.05, 4.69) is 20.3 Å². The van der Waals surface area contributed by atoms with Crippen molar-refractivity contribution in [3.8, 4) is 0 Å². The number of ether oxygens (including phenoxy) is 1. The molecule has 4 rings (SSSR count). The van der Waals surface area contributed by atoms with Gasteiger partial charge >= 0.3 is 0 Å². The number of aromatic nitrogens is 3. The number of pyridine rings is 1. The summed E-state index contributed by atoms with van der Waals surface area (Å²) in [5, 5.41) is 3.30. The van der Waals surface area contributed by atoms with Crippen molar-refractivity contribution in [3.63, 3.8) is 0 Å². The van der Waals surface area contributed by atoms with Crippen molar-refractivity contribution in [2.45, 2.75) is 24.5 Å². The van der Waals surface area contributed by atoms with Crippen LogP contribution in [-0.4, -0.2) is 57.1 Å². The average molecular weight is 325 g/mol. The van der Waals surface area contributed by atoms with E-state index in [0.29, 0.717) is 31.3 Å². The molecule has 2 aliphatic heterocycles. The monoisotopic (exact) mass is 325 g/mol. The highest BCUT2D eigenvalue weighted by Crippen LogP contribution is 2.36. The van der Waals surface area contributed by atoms with Crippen LogP contribution in [0, 0.1) is 0 Å². The Morgan fingerprint density at radius 1 is 1.21 bits per heavy atom. The Kier molecular flexibility index (Phi) is 3.86. The van der Waals surface area contributed by atoms with Crippen molar-refractivity contribution in [1.82, 2.24) is 19.9 Å². The van der Waals surface area contributed by atoms with E-state index >= 15 is 0 Å². The van der Waals surface area contributed by atoms with Gasteiger partial charge in [0.1, 0.15) is 5.69 Å². The van der Waals surface area contributed by atoms with Crippen LogP contribution in [0.15, 0.2) is 42.9 Å². The fourth-order valence-electron chi connectivity index (χ4n) is 3.45. The van der Waals surface area contributed by atoms with Crippen LogP contribution in [0.5, 0.6) is 0 Å². The fourth-order valence-corrected chi connectivity index (χ4v) is 3.45. The summed E-state index contributed by atoms with van der Waals surface area (Å²) in [6.45, 7) is 1.91. The fraction of sp³-hybridized carbons (Fsp3) is 0.412. The molecule has 0 aliphatic carbocycles. The van der Waals surface area contributed by atoms with Crippen LogP contribution in [0.4, 0.5) is 5.95 Å². The minimum absolute atomic E-state index is 0.0288. The predicted molar refractivity (Wildman–Crippen MR) is 87.5 cm³/mol. The van der Waals surface area contributed by atoms with Crippen molar-refractivity contribution in [3.05, 3.63) is 48.5 Å². The molecule has 2 aromatic rings. The molecule has 7 nitrogen and oxygen atoms in total. The van der Waals surface area contributed by atoms with Gasteiger partial charge in [0.25, 0.3) is 5.91 Å². The van der Waals surface area contributed by atoms with Crippen molar-refractivity contribution < 1.29 is 9.53 Å². The number of hydrogen-bond acceptors (Lipinski definition) is 6. The lowest BCUT2D eigenvalue weighted by Gasteiger charge is -2.23. The number of hydrogen-bond donors (Lipinski definition) is 1. The van der Waals surface area contributed by atoms with Crippen LogP contribution in [-0.2, 0) is 4.74 Å². The third-order valence-corrected chi connectivity index (χ3v) is 4.60. The molecule has 1 spiro atoms. The Balaban J connectivity index is 1.39. The Morgan fingerprint density at radius 2 is 2.04 bits per heavy atom. The third-order valence-electron chi connectivity index (χ3n) is 4.60. The van der Waals surface area contributed by atoms with Gasteiger partial charge < -0.3 is 15.0 Å². The molecule has 0 radical (unpaired) electrons. The Hall–Kier alpha value is -2.54. The number of carbonyl (C=O) groups excluding carboxylic acids is 1. The van der Waals surface area contributed by atoms with Gasteiger partial charge in [-0.05, 0) is 24.6 Å². The first kappa shape index (κ1) is 15.0. The van der Waals surface area contributed by atoms with Crippen LogP contribution in [0.1, 0.15) is 23.3 Å². The minimum Gasteiger partial charge on any atom is -0.371 e. The largest absolute Gasteiger partial charge is 0.371 e. The van der Waals surface area contributed by atoms with Gasteiger partial charge in [-0.25, -0.2) is 9.97 Å².